The van der Waals surface area contributed by atoms with Crippen molar-refractivity contribution in [1.82, 2.24) is 13.7 Å². The van der Waals surface area contributed by atoms with E-state index in [1.54, 1.807) is 6.92 Å². The second-order valence-corrected chi connectivity index (χ2v) is 7.80. The van der Waals surface area contributed by atoms with Crippen LogP contribution in [0.3, 0.4) is 0 Å². The van der Waals surface area contributed by atoms with Crippen molar-refractivity contribution >= 4 is 35.8 Å². The van der Waals surface area contributed by atoms with E-state index in [0.29, 0.717) is 17.4 Å². The van der Waals surface area contributed by atoms with Gasteiger partial charge in [0.05, 0.1) is 28.8 Å². The van der Waals surface area contributed by atoms with E-state index >= 15 is 0 Å². The van der Waals surface area contributed by atoms with E-state index in [4.69, 9.17) is 33.3 Å². The maximum atomic E-state index is 14.6. The fourth-order valence-corrected chi connectivity index (χ4v) is 3.55. The fourth-order valence-electron chi connectivity index (χ4n) is 3.17. The van der Waals surface area contributed by atoms with E-state index in [-0.39, 0.29) is 33.9 Å². The van der Waals surface area contributed by atoms with Crippen molar-refractivity contribution in [3.63, 3.8) is 0 Å². The number of carbonyl (C=O) groups excluding carboxylic acids is 2. The van der Waals surface area contributed by atoms with Crippen LogP contribution in [0.4, 0.5) is 4.39 Å². The molecular formula is C19H19ClFN3O6S. The summed E-state index contributed by atoms with van der Waals surface area (Å²) in [5, 5.41) is -0.248. The number of carbonyl (C=O) groups is 2. The van der Waals surface area contributed by atoms with Crippen molar-refractivity contribution in [2.75, 3.05) is 6.61 Å². The highest BCUT2D eigenvalue weighted by molar-refractivity contribution is 7.71. The molecule has 0 N–H and O–H groups in total. The summed E-state index contributed by atoms with van der Waals surface area (Å²) in [5.74, 6) is -2.56. The summed E-state index contributed by atoms with van der Waals surface area (Å²) < 4.78 is 27.3. The molecule has 2 aromatic rings. The van der Waals surface area contributed by atoms with Crippen molar-refractivity contribution in [2.24, 2.45) is 20.0 Å². The van der Waals surface area contributed by atoms with Gasteiger partial charge in [0, 0.05) is 14.1 Å². The lowest BCUT2D eigenvalue weighted by molar-refractivity contribution is -0.155. The van der Waals surface area contributed by atoms with Crippen molar-refractivity contribution < 1.29 is 23.5 Å². The highest BCUT2D eigenvalue weighted by Crippen LogP contribution is 2.33. The van der Waals surface area contributed by atoms with Gasteiger partial charge >= 0.3 is 23.3 Å². The molecule has 31 heavy (non-hydrogen) atoms. The number of halogens is 2. The second kappa shape index (κ2) is 8.75. The molecular weight excluding hydrogens is 453 g/mol. The lowest BCUT2D eigenvalue weighted by Crippen LogP contribution is -2.44. The van der Waals surface area contributed by atoms with Gasteiger partial charge in [-0.05, 0) is 44.1 Å². The van der Waals surface area contributed by atoms with Gasteiger partial charge in [-0.1, -0.05) is 11.6 Å². The van der Waals surface area contributed by atoms with E-state index in [1.807, 2.05) is 0 Å². The van der Waals surface area contributed by atoms with Gasteiger partial charge in [0.1, 0.15) is 11.9 Å². The molecule has 0 spiro atoms. The van der Waals surface area contributed by atoms with E-state index < -0.39 is 35.0 Å². The molecule has 0 radical (unpaired) electrons. The zero-order chi connectivity index (χ0) is 23.0. The summed E-state index contributed by atoms with van der Waals surface area (Å²) in [4.78, 5) is 49.4. The molecule has 0 aliphatic heterocycles. The second-order valence-electron chi connectivity index (χ2n) is 7.03. The minimum atomic E-state index is -0.983. The van der Waals surface area contributed by atoms with Crippen molar-refractivity contribution in [3.05, 3.63) is 54.3 Å². The van der Waals surface area contributed by atoms with Crippen molar-refractivity contribution in [1.29, 1.82) is 0 Å². The third kappa shape index (κ3) is 4.19. The van der Waals surface area contributed by atoms with Gasteiger partial charge in [-0.15, -0.1) is 0 Å². The number of hydrogen-bond donors (Lipinski definition) is 0. The molecule has 0 amide bonds. The summed E-state index contributed by atoms with van der Waals surface area (Å²) in [7, 11) is 2.67. The van der Waals surface area contributed by atoms with Crippen LogP contribution in [0.15, 0.2) is 21.7 Å². The predicted molar refractivity (Wildman–Crippen MR) is 111 cm³/mol. The maximum Gasteiger partial charge on any atom is 0.340 e. The SMILES string of the molecule is CCOC(=O)[C@H]1C[C@@H](OC(=O)c2cc(-n3c(=O)n(C)c(=S)n(C)c3=O)c(F)cc2Cl)C1. The van der Waals surface area contributed by atoms with E-state index in [2.05, 4.69) is 0 Å². The number of aromatic nitrogens is 3. The standard InChI is InChI=1S/C19H19ClFN3O6S/c1-4-29-15(25)9-5-10(6-9)30-16(26)11-7-14(13(21)8-12(11)20)24-17(27)22(2)19(31)23(3)18(24)28/h7-10H,4-6H2,1-3H3/t9-,10+. The molecule has 1 saturated carbocycles. The zero-order valence-electron chi connectivity index (χ0n) is 16.9. The van der Waals surface area contributed by atoms with Crippen molar-refractivity contribution in [2.45, 2.75) is 25.9 Å². The first-order chi connectivity index (χ1) is 14.6. The first-order valence-corrected chi connectivity index (χ1v) is 10.1. The summed E-state index contributed by atoms with van der Waals surface area (Å²) in [6.45, 7) is 1.96. The van der Waals surface area contributed by atoms with Crippen LogP contribution in [0.1, 0.15) is 30.1 Å². The van der Waals surface area contributed by atoms with E-state index in [0.717, 1.165) is 21.3 Å². The molecule has 12 heteroatoms. The van der Waals surface area contributed by atoms with E-state index in [1.165, 1.54) is 14.1 Å². The van der Waals surface area contributed by atoms with Crippen LogP contribution in [0, 0.1) is 16.5 Å². The van der Waals surface area contributed by atoms with Gasteiger partial charge in [0.25, 0.3) is 0 Å². The molecule has 0 unspecified atom stereocenters. The van der Waals surface area contributed by atoms with Gasteiger partial charge in [-0.3, -0.25) is 13.9 Å². The Balaban J connectivity index is 1.93. The van der Waals surface area contributed by atoms with Gasteiger partial charge in [-0.25, -0.2) is 23.3 Å². The average Bonchev–Trinajstić information content (AvgIpc) is 2.68. The van der Waals surface area contributed by atoms with Crippen LogP contribution < -0.4 is 11.4 Å². The third-order valence-corrected chi connectivity index (χ3v) is 5.88. The normalized spacial score (nSPS) is 17.7. The molecule has 1 heterocycles. The summed E-state index contributed by atoms with van der Waals surface area (Å²) in [5.41, 5.74) is -2.46. The smallest absolute Gasteiger partial charge is 0.340 e. The molecule has 0 atom stereocenters. The number of benzene rings is 1. The predicted octanol–water partition coefficient (Wildman–Crippen LogP) is 1.90. The van der Waals surface area contributed by atoms with Gasteiger partial charge in [-0.2, -0.15) is 0 Å². The van der Waals surface area contributed by atoms with Crippen LogP contribution in [0.5, 0.6) is 0 Å². The molecule has 3 rings (SSSR count). The summed E-state index contributed by atoms with van der Waals surface area (Å²) >= 11 is 11.0. The Morgan fingerprint density at radius 2 is 1.77 bits per heavy atom. The Hall–Kier alpha value is -2.79. The first kappa shape index (κ1) is 22.9. The number of hydrogen-bond acceptors (Lipinski definition) is 7. The Morgan fingerprint density at radius 3 is 2.32 bits per heavy atom. The first-order valence-electron chi connectivity index (χ1n) is 9.32. The molecule has 9 nitrogen and oxygen atoms in total. The summed E-state index contributed by atoms with van der Waals surface area (Å²) in [6, 6.07) is 1.80. The molecule has 0 saturated heterocycles. The van der Waals surface area contributed by atoms with Gasteiger partial charge in [0.15, 0.2) is 4.77 Å². The average molecular weight is 472 g/mol. The molecule has 0 bridgehead atoms. The quantitative estimate of drug-likeness (QED) is 0.484. The highest BCUT2D eigenvalue weighted by Gasteiger charge is 2.38. The molecule has 166 valence electrons. The van der Waals surface area contributed by atoms with Crippen LogP contribution >= 0.6 is 23.8 Å². The topological polar surface area (TPSA) is 102 Å². The lowest BCUT2D eigenvalue weighted by Gasteiger charge is -2.32. The third-order valence-electron chi connectivity index (χ3n) is 5.02. The minimum Gasteiger partial charge on any atom is -0.466 e. The molecule has 1 aliphatic carbocycles. The van der Waals surface area contributed by atoms with E-state index in [9.17, 15) is 23.6 Å². The zero-order valence-corrected chi connectivity index (χ0v) is 18.5. The maximum absolute atomic E-state index is 14.6. The number of ether oxygens (including phenoxy) is 2. The largest absolute Gasteiger partial charge is 0.466 e. The minimum absolute atomic E-state index is 0.0543. The lowest BCUT2D eigenvalue weighted by atomic mass is 9.82. The van der Waals surface area contributed by atoms with Crippen LogP contribution in [0.25, 0.3) is 5.69 Å². The number of nitrogens with zero attached hydrogens (tertiary/aromatic N) is 3. The Labute approximate surface area is 185 Å². The molecule has 1 fully saturated rings. The molecule has 1 aliphatic rings. The van der Waals surface area contributed by atoms with Crippen LogP contribution in [0.2, 0.25) is 5.02 Å². The Morgan fingerprint density at radius 1 is 1.19 bits per heavy atom. The number of esters is 2. The van der Waals surface area contributed by atoms with Crippen LogP contribution in [-0.2, 0) is 28.4 Å². The Kier molecular flexibility index (Phi) is 6.46. The fraction of sp³-hybridized carbons (Fsp3) is 0.421. The molecule has 1 aromatic carbocycles. The van der Waals surface area contributed by atoms with Crippen molar-refractivity contribution in [3.8, 4) is 5.69 Å². The Bertz CT molecular complexity index is 1200. The number of rotatable bonds is 5. The van der Waals surface area contributed by atoms with Gasteiger partial charge < -0.3 is 9.47 Å². The molecule has 1 aromatic heterocycles. The van der Waals surface area contributed by atoms with Gasteiger partial charge in [0.2, 0.25) is 0 Å². The highest BCUT2D eigenvalue weighted by atomic mass is 35.5. The van der Waals surface area contributed by atoms with Crippen LogP contribution in [-0.4, -0.2) is 38.4 Å². The summed E-state index contributed by atoms with van der Waals surface area (Å²) in [6.07, 6.45) is 0.0676. The monoisotopic (exact) mass is 471 g/mol.